The Bertz CT molecular complexity index is 606. The van der Waals surface area contributed by atoms with Gasteiger partial charge in [0.15, 0.2) is 0 Å². The van der Waals surface area contributed by atoms with Gasteiger partial charge in [-0.05, 0) is 26.3 Å². The van der Waals surface area contributed by atoms with Gasteiger partial charge in [-0.15, -0.1) is 0 Å². The fraction of sp³-hybridized carbons (Fsp3) is 0.500. The Balaban J connectivity index is 1.94. The topological polar surface area (TPSA) is 76.2 Å². The lowest BCUT2D eigenvalue weighted by molar-refractivity contribution is -0.148. The summed E-state index contributed by atoms with van der Waals surface area (Å²) in [7, 11) is 0. The van der Waals surface area contributed by atoms with Crippen molar-refractivity contribution < 1.29 is 23.9 Å². The highest BCUT2D eigenvalue weighted by Gasteiger charge is 2.37. The Hall–Kier alpha value is -2.57. The van der Waals surface area contributed by atoms with Crippen LogP contribution < -0.4 is 0 Å². The molecule has 1 aromatic carbocycles. The largest absolute Gasteiger partial charge is 0.459 e. The summed E-state index contributed by atoms with van der Waals surface area (Å²) in [5.41, 5.74) is 0.202. The number of hydrogen-bond acceptors (Lipinski definition) is 5. The first-order valence-electron chi connectivity index (χ1n) is 8.17. The lowest BCUT2D eigenvalue weighted by Crippen LogP contribution is -2.61. The molecule has 1 aromatic rings. The van der Waals surface area contributed by atoms with Crippen LogP contribution in [-0.4, -0.2) is 59.5 Å². The van der Waals surface area contributed by atoms with Crippen molar-refractivity contribution in [1.29, 1.82) is 0 Å². The minimum Gasteiger partial charge on any atom is -0.459 e. The van der Waals surface area contributed by atoms with Crippen molar-refractivity contribution in [2.24, 2.45) is 0 Å². The third kappa shape index (κ3) is 5.77. The monoisotopic (exact) mass is 348 g/mol. The van der Waals surface area contributed by atoms with E-state index >= 15 is 0 Å². The average Bonchev–Trinajstić information content (AvgIpc) is 2.50. The van der Waals surface area contributed by atoms with Crippen LogP contribution in [0.1, 0.15) is 26.3 Å². The zero-order valence-electron chi connectivity index (χ0n) is 14.8. The highest BCUT2D eigenvalue weighted by Crippen LogP contribution is 2.18. The van der Waals surface area contributed by atoms with Crippen molar-refractivity contribution >= 4 is 18.5 Å². The SMILES string of the molecule is CC(C)(C)OC(=O)N(CC(=O)OCc1ccccc1)C1CN(C=O)C1. The number of amides is 2. The second-order valence-electron chi connectivity index (χ2n) is 6.97. The van der Waals surface area contributed by atoms with Crippen molar-refractivity contribution in [2.75, 3.05) is 19.6 Å². The molecule has 0 N–H and O–H groups in total. The van der Waals surface area contributed by atoms with Crippen molar-refractivity contribution in [3.63, 3.8) is 0 Å². The summed E-state index contributed by atoms with van der Waals surface area (Å²) in [4.78, 5) is 38.1. The molecule has 0 aromatic heterocycles. The van der Waals surface area contributed by atoms with Crippen molar-refractivity contribution in [1.82, 2.24) is 9.80 Å². The van der Waals surface area contributed by atoms with Crippen LogP contribution in [0.3, 0.4) is 0 Å². The van der Waals surface area contributed by atoms with Gasteiger partial charge in [0, 0.05) is 13.1 Å². The van der Waals surface area contributed by atoms with Gasteiger partial charge in [0.1, 0.15) is 18.8 Å². The molecule has 7 heteroatoms. The van der Waals surface area contributed by atoms with Crippen molar-refractivity contribution in [2.45, 2.75) is 39.0 Å². The smallest absolute Gasteiger partial charge is 0.411 e. The van der Waals surface area contributed by atoms with Crippen LogP contribution in [0.5, 0.6) is 0 Å². The lowest BCUT2D eigenvalue weighted by Gasteiger charge is -2.43. The van der Waals surface area contributed by atoms with Crippen LogP contribution in [0.2, 0.25) is 0 Å². The first-order valence-corrected chi connectivity index (χ1v) is 8.17. The standard InChI is InChI=1S/C18H24N2O5/c1-18(2,3)25-17(23)20(15-9-19(10-15)13-21)11-16(22)24-12-14-7-5-4-6-8-14/h4-8,13,15H,9-12H2,1-3H3. The fourth-order valence-electron chi connectivity index (χ4n) is 2.36. The van der Waals surface area contributed by atoms with E-state index < -0.39 is 17.7 Å². The quantitative estimate of drug-likeness (QED) is 0.579. The Morgan fingerprint density at radius 2 is 1.88 bits per heavy atom. The van der Waals surface area contributed by atoms with Gasteiger partial charge in [-0.1, -0.05) is 30.3 Å². The molecule has 136 valence electrons. The maximum Gasteiger partial charge on any atom is 0.411 e. The van der Waals surface area contributed by atoms with Gasteiger partial charge in [-0.25, -0.2) is 4.79 Å². The van der Waals surface area contributed by atoms with Gasteiger partial charge in [-0.3, -0.25) is 14.5 Å². The molecule has 1 aliphatic rings. The van der Waals surface area contributed by atoms with Crippen LogP contribution in [0.4, 0.5) is 4.79 Å². The number of esters is 1. The van der Waals surface area contributed by atoms with E-state index in [2.05, 4.69) is 0 Å². The second kappa shape index (κ2) is 8.00. The molecule has 1 aliphatic heterocycles. The summed E-state index contributed by atoms with van der Waals surface area (Å²) in [6, 6.07) is 9.06. The van der Waals surface area contributed by atoms with Crippen LogP contribution in [0, 0.1) is 0 Å². The lowest BCUT2D eigenvalue weighted by atomic mass is 10.1. The van der Waals surface area contributed by atoms with E-state index in [4.69, 9.17) is 9.47 Å². The molecule has 2 amide bonds. The summed E-state index contributed by atoms with van der Waals surface area (Å²) < 4.78 is 10.6. The minimum atomic E-state index is -0.669. The van der Waals surface area contributed by atoms with E-state index in [0.29, 0.717) is 13.1 Å². The molecule has 0 aliphatic carbocycles. The number of ether oxygens (including phenoxy) is 2. The molecule has 1 heterocycles. The fourth-order valence-corrected chi connectivity index (χ4v) is 2.36. The summed E-state index contributed by atoms with van der Waals surface area (Å²) in [5.74, 6) is -0.515. The Kier molecular flexibility index (Phi) is 6.01. The summed E-state index contributed by atoms with van der Waals surface area (Å²) in [6.45, 7) is 5.98. The van der Waals surface area contributed by atoms with Gasteiger partial charge in [0.2, 0.25) is 6.41 Å². The molecule has 0 radical (unpaired) electrons. The number of rotatable bonds is 6. The molecule has 0 spiro atoms. The third-order valence-electron chi connectivity index (χ3n) is 3.65. The van der Waals surface area contributed by atoms with Crippen LogP contribution >= 0.6 is 0 Å². The molecule has 2 rings (SSSR count). The van der Waals surface area contributed by atoms with Gasteiger partial charge < -0.3 is 14.4 Å². The van der Waals surface area contributed by atoms with E-state index in [9.17, 15) is 14.4 Å². The molecule has 0 saturated carbocycles. The summed E-state index contributed by atoms with van der Waals surface area (Å²) >= 11 is 0. The predicted octanol–water partition coefficient (Wildman–Crippen LogP) is 1.81. The maximum absolute atomic E-state index is 12.4. The molecular weight excluding hydrogens is 324 g/mol. The molecular formula is C18H24N2O5. The first-order chi connectivity index (χ1) is 11.8. The van der Waals surface area contributed by atoms with Gasteiger partial charge in [-0.2, -0.15) is 0 Å². The van der Waals surface area contributed by atoms with E-state index in [0.717, 1.165) is 12.0 Å². The van der Waals surface area contributed by atoms with Gasteiger partial charge in [0.05, 0.1) is 6.04 Å². The zero-order valence-corrected chi connectivity index (χ0v) is 14.8. The van der Waals surface area contributed by atoms with E-state index in [1.165, 1.54) is 9.80 Å². The third-order valence-corrected chi connectivity index (χ3v) is 3.65. The molecule has 7 nitrogen and oxygen atoms in total. The van der Waals surface area contributed by atoms with Crippen LogP contribution in [-0.2, 0) is 25.7 Å². The van der Waals surface area contributed by atoms with Crippen molar-refractivity contribution in [3.05, 3.63) is 35.9 Å². The zero-order chi connectivity index (χ0) is 18.4. The number of carbonyl (C=O) groups excluding carboxylic acids is 3. The number of likely N-dealkylation sites (tertiary alicyclic amines) is 1. The number of nitrogens with zero attached hydrogens (tertiary/aromatic N) is 2. The summed E-state index contributed by atoms with van der Waals surface area (Å²) in [6.07, 6.45) is 0.136. The highest BCUT2D eigenvalue weighted by atomic mass is 16.6. The van der Waals surface area contributed by atoms with E-state index in [1.54, 1.807) is 20.8 Å². The second-order valence-corrected chi connectivity index (χ2v) is 6.97. The molecule has 0 atom stereocenters. The number of carbonyl (C=O) groups is 3. The predicted molar refractivity (Wildman–Crippen MR) is 90.6 cm³/mol. The maximum atomic E-state index is 12.4. The normalized spacial score (nSPS) is 14.4. The molecule has 25 heavy (non-hydrogen) atoms. The molecule has 0 bridgehead atoms. The number of hydrogen-bond donors (Lipinski definition) is 0. The van der Waals surface area contributed by atoms with Gasteiger partial charge in [0.25, 0.3) is 0 Å². The van der Waals surface area contributed by atoms with Crippen molar-refractivity contribution in [3.8, 4) is 0 Å². The first kappa shape index (κ1) is 18.8. The Labute approximate surface area is 147 Å². The Morgan fingerprint density at radius 1 is 1.24 bits per heavy atom. The molecule has 1 saturated heterocycles. The van der Waals surface area contributed by atoms with Crippen LogP contribution in [0.25, 0.3) is 0 Å². The molecule has 1 fully saturated rings. The van der Waals surface area contributed by atoms with E-state index in [-0.39, 0.29) is 19.2 Å². The number of benzene rings is 1. The van der Waals surface area contributed by atoms with Gasteiger partial charge >= 0.3 is 12.1 Å². The Morgan fingerprint density at radius 3 is 2.44 bits per heavy atom. The van der Waals surface area contributed by atoms with Crippen LogP contribution in [0.15, 0.2) is 30.3 Å². The molecule has 0 unspecified atom stereocenters. The summed E-state index contributed by atoms with van der Waals surface area (Å²) in [5, 5.41) is 0. The average molecular weight is 348 g/mol. The highest BCUT2D eigenvalue weighted by molar-refractivity contribution is 5.78. The van der Waals surface area contributed by atoms with E-state index in [1.807, 2.05) is 30.3 Å². The minimum absolute atomic E-state index is 0.146.